The van der Waals surface area contributed by atoms with Crippen LogP contribution in [0.5, 0.6) is 0 Å². The van der Waals surface area contributed by atoms with E-state index in [1.807, 2.05) is 58.5 Å². The Bertz CT molecular complexity index is 2190. The number of benzene rings is 1. The number of aromatic nitrogens is 3. The van der Waals surface area contributed by atoms with E-state index in [0.717, 1.165) is 11.8 Å². The van der Waals surface area contributed by atoms with Gasteiger partial charge in [0.15, 0.2) is 22.4 Å². The average Bonchev–Trinajstić information content (AvgIpc) is 3.81. The van der Waals surface area contributed by atoms with Crippen molar-refractivity contribution in [3.8, 4) is 0 Å². The lowest BCUT2D eigenvalue weighted by Crippen LogP contribution is -2.62. The van der Waals surface area contributed by atoms with Gasteiger partial charge >= 0.3 is 5.97 Å². The molecule has 3 fully saturated rings. The van der Waals surface area contributed by atoms with Crippen molar-refractivity contribution < 1.29 is 66.5 Å². The summed E-state index contributed by atoms with van der Waals surface area (Å²) >= 11 is 0. The zero-order chi connectivity index (χ0) is 55.2. The van der Waals surface area contributed by atoms with E-state index in [4.69, 9.17) is 34.2 Å². The highest BCUT2D eigenvalue weighted by Crippen LogP contribution is 2.40. The number of esters is 1. The molecular formula is C53H91FN6O13S. The summed E-state index contributed by atoms with van der Waals surface area (Å²) in [5.41, 5.74) is 3.88. The highest BCUT2D eigenvalue weighted by atomic mass is 32.2. The van der Waals surface area contributed by atoms with Crippen molar-refractivity contribution >= 4 is 15.8 Å². The van der Waals surface area contributed by atoms with Gasteiger partial charge in [-0.25, -0.2) is 17.5 Å². The number of alkyl halides is 1. The minimum atomic E-state index is -3.37. The van der Waals surface area contributed by atoms with Crippen molar-refractivity contribution in [1.29, 1.82) is 0 Å². The van der Waals surface area contributed by atoms with Crippen molar-refractivity contribution in [1.82, 2.24) is 24.8 Å². The maximum atomic E-state index is 14.6. The van der Waals surface area contributed by atoms with Crippen LogP contribution in [-0.4, -0.2) is 197 Å². The van der Waals surface area contributed by atoms with Crippen molar-refractivity contribution in [2.45, 2.75) is 222 Å². The molecule has 3 aliphatic rings. The molecule has 5 rings (SSSR count). The second kappa shape index (κ2) is 25.8. The molecule has 0 amide bonds. The van der Waals surface area contributed by atoms with Crippen molar-refractivity contribution in [2.75, 3.05) is 47.2 Å². The molecule has 19 nitrogen and oxygen atoms in total. The number of aliphatic hydroxyl groups excluding tert-OH is 2. The molecule has 1 aromatic heterocycles. The molecule has 0 radical (unpaired) electrons. The van der Waals surface area contributed by atoms with Gasteiger partial charge in [-0.15, -0.1) is 5.10 Å². The Morgan fingerprint density at radius 1 is 1.01 bits per heavy atom. The third-order valence-corrected chi connectivity index (χ3v) is 17.6. The van der Waals surface area contributed by atoms with E-state index in [1.165, 1.54) is 16.8 Å². The number of halogens is 1. The summed E-state index contributed by atoms with van der Waals surface area (Å²) in [6, 6.07) is 4.35. The minimum absolute atomic E-state index is 0.0285. The molecule has 0 bridgehead atoms. The highest BCUT2D eigenvalue weighted by molar-refractivity contribution is 7.90. The molecule has 424 valence electrons. The smallest absolute Gasteiger partial charge is 0.311 e. The number of hydrogen-bond donors (Lipinski definition) is 5. The third-order valence-electron chi connectivity index (χ3n) is 16.5. The highest BCUT2D eigenvalue weighted by Gasteiger charge is 2.51. The Balaban J connectivity index is 1.43. The molecule has 3 aliphatic heterocycles. The van der Waals surface area contributed by atoms with E-state index in [2.05, 4.69) is 17.2 Å². The van der Waals surface area contributed by atoms with Crippen LogP contribution >= 0.6 is 0 Å². The van der Waals surface area contributed by atoms with Gasteiger partial charge in [-0.05, 0) is 118 Å². The number of nitrogens with two attached hydrogens (primary N) is 1. The SMILES string of the molecule is CC[C@H]1OC(=O)[C@H](C)[C@@H](O[C@H]2C[C@@](C)(OC)[C@@H](N)[C@H](C)O2)[C@H](C)[C@@H](O[C@@H]2O[C@H](C)C[C@H](N(C)CCc3cn(C(CF)Cc4ccc(S(C)(=O)=O)cc4)nn3)[C@H]2O)[C@](C)(O)CC[C@@H](C)CN(C)[C@H](C)[C@@H](O)C[C@]1(C)O. The Hall–Kier alpha value is -2.77. The number of sulfone groups is 1. The first-order valence-corrected chi connectivity index (χ1v) is 28.4. The Kier molecular flexibility index (Phi) is 21.6. The summed E-state index contributed by atoms with van der Waals surface area (Å²) < 4.78 is 78.5. The number of ether oxygens (including phenoxy) is 6. The standard InChI is InChI=1S/C53H91FN6O13S/c1-15-43-52(9,65)26-42(61)35(6)59(12)29-31(2)20-22-51(8,64)48(33(4)46(34(5)49(63)71-43)72-44-27-53(10,68-13)47(55)36(7)70-44)73-50-45(62)41(24-32(3)69-50)58(11)23-21-38-30-60(57-56-38)39(28-54)25-37-16-18-40(19-17-37)74(14,66)67/h16-19,30-36,39,41-48,50,61-62,64-65H,15,20-29,55H2,1-14H3/t31-,32-,33+,34-,35-,36+,39?,41+,42+,43-,44+,45-,46+,47+,48-,50+,51-,52+,53-/m1/s1. The molecule has 2 aromatic rings. The van der Waals surface area contributed by atoms with Gasteiger partial charge in [0.25, 0.3) is 0 Å². The van der Waals surface area contributed by atoms with E-state index in [0.29, 0.717) is 38.0 Å². The quantitative estimate of drug-likeness (QED) is 0.158. The summed E-state index contributed by atoms with van der Waals surface area (Å²) in [5, 5.41) is 57.0. The minimum Gasteiger partial charge on any atom is -0.459 e. The normalized spacial score (nSPS) is 39.4. The fourth-order valence-corrected chi connectivity index (χ4v) is 11.8. The average molecular weight is 1070 g/mol. The van der Waals surface area contributed by atoms with Gasteiger partial charge in [0.05, 0.1) is 70.3 Å². The van der Waals surface area contributed by atoms with E-state index >= 15 is 0 Å². The molecule has 19 atom stereocenters. The van der Waals surface area contributed by atoms with Crippen LogP contribution < -0.4 is 5.73 Å². The summed E-state index contributed by atoms with van der Waals surface area (Å²) in [6.07, 6.45) is -3.26. The van der Waals surface area contributed by atoms with Crippen LogP contribution in [-0.2, 0) is 55.9 Å². The summed E-state index contributed by atoms with van der Waals surface area (Å²) in [7, 11) is 1.99. The number of hydrogen-bond acceptors (Lipinski definition) is 18. The lowest BCUT2D eigenvalue weighted by Gasteiger charge is -2.49. The van der Waals surface area contributed by atoms with Gasteiger partial charge < -0.3 is 64.4 Å². The predicted octanol–water partition coefficient (Wildman–Crippen LogP) is 4.01. The molecule has 6 N–H and O–H groups in total. The second-order valence-corrected chi connectivity index (χ2v) is 24.9. The van der Waals surface area contributed by atoms with Crippen LogP contribution in [0.3, 0.4) is 0 Å². The van der Waals surface area contributed by atoms with E-state index in [-0.39, 0.29) is 49.0 Å². The van der Waals surface area contributed by atoms with Gasteiger partial charge in [-0.1, -0.05) is 38.1 Å². The lowest BCUT2D eigenvalue weighted by atomic mass is 9.78. The second-order valence-electron chi connectivity index (χ2n) is 22.9. The molecule has 21 heteroatoms. The van der Waals surface area contributed by atoms with Crippen LogP contribution in [0.4, 0.5) is 4.39 Å². The van der Waals surface area contributed by atoms with Crippen molar-refractivity contribution in [3.63, 3.8) is 0 Å². The number of cyclic esters (lactones) is 1. The van der Waals surface area contributed by atoms with Gasteiger partial charge in [0.2, 0.25) is 0 Å². The summed E-state index contributed by atoms with van der Waals surface area (Å²) in [4.78, 5) is 18.8. The number of carbonyl (C=O) groups excluding carboxylic acids is 1. The Morgan fingerprint density at radius 2 is 1.68 bits per heavy atom. The molecule has 74 heavy (non-hydrogen) atoms. The Labute approximate surface area is 439 Å². The van der Waals surface area contributed by atoms with E-state index < -0.39 is 125 Å². The van der Waals surface area contributed by atoms with Crippen LogP contribution in [0.15, 0.2) is 35.4 Å². The first kappa shape index (κ1) is 62.1. The number of methoxy groups -OCH3 is 1. The van der Waals surface area contributed by atoms with Gasteiger partial charge in [0.1, 0.15) is 24.5 Å². The summed E-state index contributed by atoms with van der Waals surface area (Å²) in [6.45, 7) is 18.4. The van der Waals surface area contributed by atoms with Gasteiger partial charge in [-0.2, -0.15) is 0 Å². The van der Waals surface area contributed by atoms with Crippen LogP contribution in [0.25, 0.3) is 0 Å². The van der Waals surface area contributed by atoms with Crippen LogP contribution in [0, 0.1) is 17.8 Å². The molecular weight excluding hydrogens is 980 g/mol. The fraction of sp³-hybridized carbons (Fsp3) is 0.830. The maximum Gasteiger partial charge on any atom is 0.311 e. The van der Waals surface area contributed by atoms with Gasteiger partial charge in [0, 0.05) is 69.9 Å². The molecule has 1 unspecified atom stereocenters. The maximum absolute atomic E-state index is 14.6. The molecule has 0 aliphatic carbocycles. The zero-order valence-corrected chi connectivity index (χ0v) is 47.3. The fourth-order valence-electron chi connectivity index (χ4n) is 11.1. The Morgan fingerprint density at radius 3 is 2.28 bits per heavy atom. The lowest BCUT2D eigenvalue weighted by molar-refractivity contribution is -0.311. The predicted molar refractivity (Wildman–Crippen MR) is 276 cm³/mol. The third kappa shape index (κ3) is 15.5. The van der Waals surface area contributed by atoms with Crippen molar-refractivity contribution in [3.05, 3.63) is 41.7 Å². The molecule has 0 spiro atoms. The zero-order valence-electron chi connectivity index (χ0n) is 46.5. The number of rotatable bonds is 15. The van der Waals surface area contributed by atoms with Crippen LogP contribution in [0.1, 0.15) is 125 Å². The topological polar surface area (TPSA) is 251 Å². The number of nitrogens with zero attached hydrogens (tertiary/aromatic N) is 5. The van der Waals surface area contributed by atoms with E-state index in [9.17, 15) is 38.0 Å². The first-order valence-electron chi connectivity index (χ1n) is 26.5. The molecule has 4 heterocycles. The number of aliphatic hydroxyl groups is 4. The molecule has 1 aromatic carbocycles. The summed E-state index contributed by atoms with van der Waals surface area (Å²) in [5.74, 6) is -2.49. The largest absolute Gasteiger partial charge is 0.459 e. The van der Waals surface area contributed by atoms with E-state index in [1.54, 1.807) is 53.1 Å². The van der Waals surface area contributed by atoms with Crippen molar-refractivity contribution in [2.24, 2.45) is 23.5 Å². The molecule has 3 saturated heterocycles. The monoisotopic (exact) mass is 1070 g/mol. The molecule has 0 saturated carbocycles. The first-order chi connectivity index (χ1) is 34.4. The van der Waals surface area contributed by atoms with Gasteiger partial charge in [-0.3, -0.25) is 4.79 Å². The number of likely N-dealkylation sites (N-methyl/N-ethyl adjacent to an activating group) is 2. The number of carbonyl (C=O) groups is 1. The van der Waals surface area contributed by atoms with Crippen LogP contribution in [0.2, 0.25) is 0 Å².